The maximum Gasteiger partial charge on any atom is 0.253 e. The molecule has 2 aromatic rings. The number of halogens is 1. The van der Waals surface area contributed by atoms with E-state index in [0.717, 1.165) is 19.5 Å². The zero-order valence-electron chi connectivity index (χ0n) is 13.0. The Morgan fingerprint density at radius 2 is 2.00 bits per heavy atom. The van der Waals surface area contributed by atoms with Crippen molar-refractivity contribution in [1.82, 2.24) is 10.2 Å². The van der Waals surface area contributed by atoms with Crippen molar-refractivity contribution in [3.63, 3.8) is 0 Å². The molecule has 0 radical (unpaired) electrons. The quantitative estimate of drug-likeness (QED) is 0.932. The minimum atomic E-state index is 0.0352. The average Bonchev–Trinajstić information content (AvgIpc) is 3.09. The molecular formula is C18H19ClN2O2. The van der Waals surface area contributed by atoms with Crippen molar-refractivity contribution in [2.24, 2.45) is 0 Å². The molecule has 0 bridgehead atoms. The van der Waals surface area contributed by atoms with Gasteiger partial charge in [0.05, 0.1) is 0 Å². The second-order valence-corrected chi connectivity index (χ2v) is 6.08. The molecule has 1 fully saturated rings. The van der Waals surface area contributed by atoms with Crippen LogP contribution in [0.5, 0.6) is 11.5 Å². The number of hydrogen-bond acceptors (Lipinski definition) is 3. The topological polar surface area (TPSA) is 41.6 Å². The molecule has 0 aromatic heterocycles. The van der Waals surface area contributed by atoms with E-state index in [9.17, 15) is 4.79 Å². The molecule has 1 amide bonds. The maximum absolute atomic E-state index is 12.5. The summed E-state index contributed by atoms with van der Waals surface area (Å²) in [7, 11) is 1.86. The van der Waals surface area contributed by atoms with E-state index in [1.54, 1.807) is 36.4 Å². The first kappa shape index (κ1) is 15.8. The van der Waals surface area contributed by atoms with Crippen molar-refractivity contribution in [3.05, 3.63) is 59.1 Å². The molecule has 1 heterocycles. The fourth-order valence-electron chi connectivity index (χ4n) is 2.67. The van der Waals surface area contributed by atoms with Gasteiger partial charge in [0, 0.05) is 30.2 Å². The maximum atomic E-state index is 12.5. The van der Waals surface area contributed by atoms with Crippen LogP contribution in [-0.4, -0.2) is 37.0 Å². The van der Waals surface area contributed by atoms with Gasteiger partial charge < -0.3 is 15.0 Å². The summed E-state index contributed by atoms with van der Waals surface area (Å²) >= 11 is 5.94. The second kappa shape index (κ2) is 7.02. The van der Waals surface area contributed by atoms with Crippen molar-refractivity contribution in [1.29, 1.82) is 0 Å². The van der Waals surface area contributed by atoms with Crippen LogP contribution < -0.4 is 10.1 Å². The summed E-state index contributed by atoms with van der Waals surface area (Å²) in [4.78, 5) is 14.3. The molecule has 120 valence electrons. The van der Waals surface area contributed by atoms with E-state index in [2.05, 4.69) is 5.32 Å². The van der Waals surface area contributed by atoms with E-state index in [1.807, 2.05) is 24.1 Å². The number of ether oxygens (including phenoxy) is 1. The lowest BCUT2D eigenvalue weighted by Crippen LogP contribution is -2.38. The number of nitrogens with one attached hydrogen (secondary N) is 1. The van der Waals surface area contributed by atoms with E-state index in [4.69, 9.17) is 16.3 Å². The molecule has 3 rings (SSSR count). The number of benzene rings is 2. The van der Waals surface area contributed by atoms with Crippen molar-refractivity contribution in [2.75, 3.05) is 20.1 Å². The molecule has 1 N–H and O–H groups in total. The van der Waals surface area contributed by atoms with E-state index in [0.29, 0.717) is 22.1 Å². The lowest BCUT2D eigenvalue weighted by atomic mass is 10.1. The zero-order chi connectivity index (χ0) is 16.2. The normalized spacial score (nSPS) is 17.0. The molecule has 0 spiro atoms. The van der Waals surface area contributed by atoms with Gasteiger partial charge in [0.25, 0.3) is 5.91 Å². The fraction of sp³-hybridized carbons (Fsp3) is 0.278. The molecule has 1 unspecified atom stereocenters. The Morgan fingerprint density at radius 1 is 1.22 bits per heavy atom. The lowest BCUT2D eigenvalue weighted by molar-refractivity contribution is 0.0744. The highest BCUT2D eigenvalue weighted by molar-refractivity contribution is 6.30. The predicted octanol–water partition coefficient (Wildman–Crippen LogP) is 3.57. The molecule has 0 aliphatic carbocycles. The first-order valence-corrected chi connectivity index (χ1v) is 8.02. The van der Waals surface area contributed by atoms with E-state index in [-0.39, 0.29) is 11.9 Å². The van der Waals surface area contributed by atoms with Gasteiger partial charge in [-0.2, -0.15) is 0 Å². The standard InChI is InChI=1S/C18H19ClN2O2/c1-21(15-9-10-20-12-15)18(22)13-5-7-16(8-6-13)23-17-4-2-3-14(19)11-17/h2-8,11,15,20H,9-10,12H2,1H3. The van der Waals surface area contributed by atoms with Crippen molar-refractivity contribution < 1.29 is 9.53 Å². The molecule has 4 nitrogen and oxygen atoms in total. The van der Waals surface area contributed by atoms with E-state index in [1.165, 1.54) is 0 Å². The van der Waals surface area contributed by atoms with E-state index >= 15 is 0 Å². The second-order valence-electron chi connectivity index (χ2n) is 5.65. The number of nitrogens with zero attached hydrogens (tertiary/aromatic N) is 1. The summed E-state index contributed by atoms with van der Waals surface area (Å²) in [6.07, 6.45) is 0.998. The first-order valence-electron chi connectivity index (χ1n) is 7.65. The molecule has 5 heteroatoms. The third-order valence-electron chi connectivity index (χ3n) is 4.04. The van der Waals surface area contributed by atoms with Gasteiger partial charge in [0.2, 0.25) is 0 Å². The largest absolute Gasteiger partial charge is 0.457 e. The smallest absolute Gasteiger partial charge is 0.253 e. The third-order valence-corrected chi connectivity index (χ3v) is 4.27. The Kier molecular flexibility index (Phi) is 4.84. The summed E-state index contributed by atoms with van der Waals surface area (Å²) in [5.74, 6) is 1.38. The molecular weight excluding hydrogens is 312 g/mol. The van der Waals surface area contributed by atoms with Crippen LogP contribution in [0.4, 0.5) is 0 Å². The number of likely N-dealkylation sites (N-methyl/N-ethyl adjacent to an activating group) is 1. The summed E-state index contributed by atoms with van der Waals surface area (Å²) < 4.78 is 5.73. The number of carbonyl (C=O) groups is 1. The van der Waals surface area contributed by atoms with Crippen LogP contribution in [0.15, 0.2) is 48.5 Å². The SMILES string of the molecule is CN(C(=O)c1ccc(Oc2cccc(Cl)c2)cc1)C1CCNC1. The van der Waals surface area contributed by atoms with Gasteiger partial charge in [0.15, 0.2) is 0 Å². The zero-order valence-corrected chi connectivity index (χ0v) is 13.7. The van der Waals surface area contributed by atoms with Crippen LogP contribution in [0.2, 0.25) is 5.02 Å². The summed E-state index contributed by atoms with van der Waals surface area (Å²) in [5, 5.41) is 3.90. The van der Waals surface area contributed by atoms with Gasteiger partial charge in [0.1, 0.15) is 11.5 Å². The minimum absolute atomic E-state index is 0.0352. The molecule has 2 aromatic carbocycles. The molecule has 0 saturated carbocycles. The molecule has 23 heavy (non-hydrogen) atoms. The van der Waals surface area contributed by atoms with Crippen molar-refractivity contribution in [2.45, 2.75) is 12.5 Å². The van der Waals surface area contributed by atoms with E-state index < -0.39 is 0 Å². The molecule has 1 aliphatic rings. The van der Waals surface area contributed by atoms with Crippen LogP contribution >= 0.6 is 11.6 Å². The third kappa shape index (κ3) is 3.84. The Morgan fingerprint density at radius 3 is 2.65 bits per heavy atom. The monoisotopic (exact) mass is 330 g/mol. The fourth-order valence-corrected chi connectivity index (χ4v) is 2.85. The van der Waals surface area contributed by atoms with Gasteiger partial charge in [-0.1, -0.05) is 17.7 Å². The van der Waals surface area contributed by atoms with Gasteiger partial charge in [-0.25, -0.2) is 0 Å². The lowest BCUT2D eigenvalue weighted by Gasteiger charge is -2.23. The van der Waals surface area contributed by atoms with Gasteiger partial charge >= 0.3 is 0 Å². The van der Waals surface area contributed by atoms with Gasteiger partial charge in [-0.15, -0.1) is 0 Å². The average molecular weight is 331 g/mol. The summed E-state index contributed by atoms with van der Waals surface area (Å²) in [5.41, 5.74) is 0.665. The Hall–Kier alpha value is -2.04. The summed E-state index contributed by atoms with van der Waals surface area (Å²) in [6.45, 7) is 1.83. The molecule has 1 atom stereocenters. The van der Waals surface area contributed by atoms with Crippen molar-refractivity contribution in [3.8, 4) is 11.5 Å². The van der Waals surface area contributed by atoms with Crippen LogP contribution in [0.3, 0.4) is 0 Å². The van der Waals surface area contributed by atoms with Gasteiger partial charge in [-0.05, 0) is 55.4 Å². The van der Waals surface area contributed by atoms with Crippen LogP contribution in [0.1, 0.15) is 16.8 Å². The molecule has 1 saturated heterocycles. The predicted molar refractivity (Wildman–Crippen MR) is 91.3 cm³/mol. The van der Waals surface area contributed by atoms with Crippen LogP contribution in [0.25, 0.3) is 0 Å². The number of hydrogen-bond donors (Lipinski definition) is 1. The number of carbonyl (C=O) groups excluding carboxylic acids is 1. The number of amides is 1. The van der Waals surface area contributed by atoms with Crippen LogP contribution in [0, 0.1) is 0 Å². The first-order chi connectivity index (χ1) is 11.1. The Balaban J connectivity index is 1.67. The van der Waals surface area contributed by atoms with Gasteiger partial charge in [-0.3, -0.25) is 4.79 Å². The van der Waals surface area contributed by atoms with Crippen LogP contribution in [-0.2, 0) is 0 Å². The number of rotatable bonds is 4. The highest BCUT2D eigenvalue weighted by Crippen LogP contribution is 2.24. The molecule has 1 aliphatic heterocycles. The minimum Gasteiger partial charge on any atom is -0.457 e. The van der Waals surface area contributed by atoms with Crippen molar-refractivity contribution >= 4 is 17.5 Å². The highest BCUT2D eigenvalue weighted by atomic mass is 35.5. The Bertz CT molecular complexity index is 682. The highest BCUT2D eigenvalue weighted by Gasteiger charge is 2.23. The summed E-state index contributed by atoms with van der Waals surface area (Å²) in [6, 6.07) is 14.7. The Labute approximate surface area is 141 Å².